The zero-order chi connectivity index (χ0) is 28.5. The maximum absolute atomic E-state index is 13.4. The topological polar surface area (TPSA) is 97.3 Å². The Morgan fingerprint density at radius 1 is 1.07 bits per heavy atom. The van der Waals surface area contributed by atoms with Gasteiger partial charge >= 0.3 is 6.18 Å². The summed E-state index contributed by atoms with van der Waals surface area (Å²) in [6.07, 6.45) is 3.36. The highest BCUT2D eigenvalue weighted by molar-refractivity contribution is 7.92. The lowest BCUT2D eigenvalue weighted by molar-refractivity contribution is -0.137. The molecule has 1 N–H and O–H groups in total. The predicted octanol–water partition coefficient (Wildman–Crippen LogP) is 5.57. The molecule has 12 heteroatoms. The molecule has 0 radical (unpaired) electrons. The second kappa shape index (κ2) is 11.3. The number of likely N-dealkylation sites (N-methyl/N-ethyl adjacent to an activating group) is 1. The van der Waals surface area contributed by atoms with E-state index in [1.807, 2.05) is 0 Å². The van der Waals surface area contributed by atoms with E-state index in [0.717, 1.165) is 25.3 Å². The van der Waals surface area contributed by atoms with Gasteiger partial charge in [0.25, 0.3) is 10.0 Å². The Morgan fingerprint density at radius 2 is 1.88 bits per heavy atom. The number of alkyl halides is 3. The van der Waals surface area contributed by atoms with Crippen LogP contribution in [-0.2, 0) is 16.2 Å². The SMILES string of the molecule is Cc1nc(O[C@H]2CC[C@H](c3cccc(C(F)(F)F)c3)C[C@@H]2N(C)C2CCC2)ccc1S(=O)(=O)Nc1ccncn1. The molecule has 2 saturated carbocycles. The molecule has 3 atom stereocenters. The number of hydrogen-bond donors (Lipinski definition) is 1. The van der Waals surface area contributed by atoms with Gasteiger partial charge in [-0.2, -0.15) is 13.2 Å². The van der Waals surface area contributed by atoms with Gasteiger partial charge < -0.3 is 4.74 Å². The molecule has 2 fully saturated rings. The quantitative estimate of drug-likeness (QED) is 0.375. The van der Waals surface area contributed by atoms with E-state index in [4.69, 9.17) is 4.74 Å². The van der Waals surface area contributed by atoms with Crippen molar-refractivity contribution in [3.63, 3.8) is 0 Å². The van der Waals surface area contributed by atoms with E-state index in [1.54, 1.807) is 19.1 Å². The van der Waals surface area contributed by atoms with E-state index < -0.39 is 21.8 Å². The largest absolute Gasteiger partial charge is 0.473 e. The molecule has 0 saturated heterocycles. The van der Waals surface area contributed by atoms with Gasteiger partial charge in [0.05, 0.1) is 11.3 Å². The number of ether oxygens (including phenoxy) is 1. The van der Waals surface area contributed by atoms with Crippen molar-refractivity contribution < 1.29 is 26.3 Å². The Balaban J connectivity index is 1.34. The fourth-order valence-electron chi connectivity index (χ4n) is 5.60. The smallest absolute Gasteiger partial charge is 0.416 e. The van der Waals surface area contributed by atoms with E-state index >= 15 is 0 Å². The molecule has 2 aliphatic carbocycles. The van der Waals surface area contributed by atoms with E-state index in [9.17, 15) is 21.6 Å². The standard InChI is InChI=1S/C28H32F3N5O3S/c1-18-25(40(37,38)35-26-13-14-32-17-33-26)11-12-27(34-18)39-24-10-9-20(16-23(24)36(2)22-7-4-8-22)19-5-3-6-21(15-19)28(29,30)31/h3,5-6,11-15,17,20,22-24H,4,7-10,16H2,1-2H3,(H,32,33,35)/t20-,23-,24-/m0/s1. The summed E-state index contributed by atoms with van der Waals surface area (Å²) in [6.45, 7) is 1.60. The minimum Gasteiger partial charge on any atom is -0.473 e. The van der Waals surface area contributed by atoms with Crippen molar-refractivity contribution in [3.05, 3.63) is 71.8 Å². The van der Waals surface area contributed by atoms with E-state index in [-0.39, 0.29) is 34.5 Å². The van der Waals surface area contributed by atoms with E-state index in [1.165, 1.54) is 36.8 Å². The van der Waals surface area contributed by atoms with Crippen molar-refractivity contribution in [2.24, 2.45) is 0 Å². The first kappa shape index (κ1) is 28.3. The lowest BCUT2D eigenvalue weighted by Gasteiger charge is -2.46. The lowest BCUT2D eigenvalue weighted by Crippen LogP contribution is -2.53. The van der Waals surface area contributed by atoms with Crippen LogP contribution in [0, 0.1) is 6.92 Å². The highest BCUT2D eigenvalue weighted by Gasteiger charge is 2.40. The van der Waals surface area contributed by atoms with Gasteiger partial charge in [-0.3, -0.25) is 9.62 Å². The molecule has 0 aliphatic heterocycles. The third kappa shape index (κ3) is 6.22. The second-order valence-electron chi connectivity index (χ2n) is 10.5. The van der Waals surface area contributed by atoms with Crippen LogP contribution in [0.5, 0.6) is 5.88 Å². The molecule has 214 valence electrons. The van der Waals surface area contributed by atoms with Crippen LogP contribution in [-0.4, -0.2) is 53.5 Å². The molecule has 0 bridgehead atoms. The number of halogens is 3. The van der Waals surface area contributed by atoms with E-state index in [0.29, 0.717) is 36.7 Å². The average molecular weight is 576 g/mol. The highest BCUT2D eigenvalue weighted by Crippen LogP contribution is 2.40. The molecule has 1 aromatic carbocycles. The van der Waals surface area contributed by atoms with Crippen molar-refractivity contribution in [1.82, 2.24) is 19.9 Å². The first-order valence-corrected chi connectivity index (χ1v) is 14.8. The Kier molecular flexibility index (Phi) is 8.01. The Hall–Kier alpha value is -3.25. The predicted molar refractivity (Wildman–Crippen MR) is 143 cm³/mol. The molecule has 0 spiro atoms. The number of aromatic nitrogens is 3. The first-order chi connectivity index (χ1) is 19.0. The van der Waals surface area contributed by atoms with Crippen molar-refractivity contribution in [2.45, 2.75) is 80.6 Å². The summed E-state index contributed by atoms with van der Waals surface area (Å²) in [7, 11) is -1.86. The van der Waals surface area contributed by atoms with Crippen molar-refractivity contribution in [1.29, 1.82) is 0 Å². The lowest BCUT2D eigenvalue weighted by atomic mass is 9.77. The summed E-state index contributed by atoms with van der Waals surface area (Å²) < 4.78 is 74.7. The molecule has 2 aromatic heterocycles. The molecule has 40 heavy (non-hydrogen) atoms. The van der Waals surface area contributed by atoms with Gasteiger partial charge in [0.1, 0.15) is 23.1 Å². The summed E-state index contributed by atoms with van der Waals surface area (Å²) in [6, 6.07) is 10.5. The minimum atomic E-state index is -4.38. The summed E-state index contributed by atoms with van der Waals surface area (Å²) in [5.74, 6) is 0.437. The Morgan fingerprint density at radius 3 is 2.52 bits per heavy atom. The third-order valence-electron chi connectivity index (χ3n) is 8.01. The van der Waals surface area contributed by atoms with Crippen LogP contribution in [0.2, 0.25) is 0 Å². The van der Waals surface area contributed by atoms with Crippen molar-refractivity contribution >= 4 is 15.8 Å². The zero-order valence-corrected chi connectivity index (χ0v) is 23.1. The van der Waals surface area contributed by atoms with Crippen LogP contribution < -0.4 is 9.46 Å². The minimum absolute atomic E-state index is 0.00912. The molecule has 3 aromatic rings. The van der Waals surface area contributed by atoms with Gasteiger partial charge in [-0.25, -0.2) is 23.4 Å². The van der Waals surface area contributed by atoms with Crippen LogP contribution in [0.3, 0.4) is 0 Å². The van der Waals surface area contributed by atoms with Crippen LogP contribution in [0.15, 0.2) is 59.9 Å². The third-order valence-corrected chi connectivity index (χ3v) is 9.50. The monoisotopic (exact) mass is 575 g/mol. The number of aryl methyl sites for hydroxylation is 1. The van der Waals surface area contributed by atoms with Gasteiger partial charge in [0.15, 0.2) is 0 Å². The molecule has 0 unspecified atom stereocenters. The molecular weight excluding hydrogens is 543 g/mol. The summed E-state index contributed by atoms with van der Waals surface area (Å²) in [5.41, 5.74) is 0.344. The Labute approximate surface area is 232 Å². The fourth-order valence-corrected chi connectivity index (χ4v) is 6.78. The fraction of sp³-hybridized carbons (Fsp3) is 0.464. The summed E-state index contributed by atoms with van der Waals surface area (Å²) in [5, 5.41) is 0. The van der Waals surface area contributed by atoms with Crippen LogP contribution in [0.4, 0.5) is 19.0 Å². The zero-order valence-electron chi connectivity index (χ0n) is 22.3. The number of anilines is 1. The van der Waals surface area contributed by atoms with E-state index in [2.05, 4.69) is 31.6 Å². The van der Waals surface area contributed by atoms with Crippen molar-refractivity contribution in [2.75, 3.05) is 11.8 Å². The second-order valence-corrected chi connectivity index (χ2v) is 12.2. The molecule has 2 aliphatic rings. The van der Waals surface area contributed by atoms with Gasteiger partial charge in [-0.1, -0.05) is 24.6 Å². The number of nitrogens with one attached hydrogen (secondary N) is 1. The maximum atomic E-state index is 13.4. The summed E-state index contributed by atoms with van der Waals surface area (Å²) in [4.78, 5) is 14.5. The number of rotatable bonds is 8. The van der Waals surface area contributed by atoms with Gasteiger partial charge in [-0.15, -0.1) is 0 Å². The van der Waals surface area contributed by atoms with Crippen LogP contribution in [0.25, 0.3) is 0 Å². The number of hydrogen-bond acceptors (Lipinski definition) is 7. The number of pyridine rings is 1. The van der Waals surface area contributed by atoms with Crippen molar-refractivity contribution in [3.8, 4) is 5.88 Å². The molecule has 5 rings (SSSR count). The normalized spacial score (nSPS) is 22.1. The summed E-state index contributed by atoms with van der Waals surface area (Å²) >= 11 is 0. The highest BCUT2D eigenvalue weighted by atomic mass is 32.2. The molecule has 2 heterocycles. The van der Waals surface area contributed by atoms with Gasteiger partial charge in [-0.05, 0) is 75.8 Å². The number of nitrogens with zero attached hydrogens (tertiary/aromatic N) is 4. The number of benzene rings is 1. The molecule has 8 nitrogen and oxygen atoms in total. The Bertz CT molecular complexity index is 1430. The maximum Gasteiger partial charge on any atom is 0.416 e. The molecule has 0 amide bonds. The van der Waals surface area contributed by atoms with Gasteiger partial charge in [0, 0.05) is 24.3 Å². The van der Waals surface area contributed by atoms with Gasteiger partial charge in [0.2, 0.25) is 5.88 Å². The van der Waals surface area contributed by atoms with Crippen LogP contribution in [0.1, 0.15) is 61.3 Å². The average Bonchev–Trinajstić information content (AvgIpc) is 2.87. The first-order valence-electron chi connectivity index (χ1n) is 13.3. The number of sulfonamides is 1. The molecular formula is C28H32F3N5O3S. The van der Waals surface area contributed by atoms with Crippen LogP contribution >= 0.6 is 0 Å².